The summed E-state index contributed by atoms with van der Waals surface area (Å²) in [4.78, 5) is 21.4. The largest absolute Gasteiger partial charge is 0.354 e. The summed E-state index contributed by atoms with van der Waals surface area (Å²) in [7, 11) is 2.18. The molecule has 1 atom stereocenters. The number of piperazine rings is 1. The normalized spacial score (nSPS) is 21.7. The van der Waals surface area contributed by atoms with Crippen molar-refractivity contribution < 1.29 is 0 Å². The van der Waals surface area contributed by atoms with Crippen molar-refractivity contribution in [1.29, 1.82) is 0 Å². The van der Waals surface area contributed by atoms with Crippen molar-refractivity contribution in [2.24, 2.45) is 0 Å². The lowest BCUT2D eigenvalue weighted by Gasteiger charge is -2.33. The molecule has 0 radical (unpaired) electrons. The molecule has 2 saturated heterocycles. The Kier molecular flexibility index (Phi) is 5.36. The van der Waals surface area contributed by atoms with E-state index in [1.807, 2.05) is 19.2 Å². The number of aromatic nitrogens is 3. The van der Waals surface area contributed by atoms with Crippen molar-refractivity contribution in [3.8, 4) is 0 Å². The Bertz CT molecular complexity index is 784. The van der Waals surface area contributed by atoms with E-state index in [0.717, 1.165) is 56.6 Å². The van der Waals surface area contributed by atoms with Gasteiger partial charge < -0.3 is 9.80 Å². The van der Waals surface area contributed by atoms with Crippen molar-refractivity contribution in [2.45, 2.75) is 39.3 Å². The van der Waals surface area contributed by atoms with Crippen LogP contribution in [0.15, 0.2) is 24.4 Å². The minimum atomic E-state index is 0.397. The molecule has 4 heterocycles. The molecular formula is C21H30N6. The molecule has 2 fully saturated rings. The Morgan fingerprint density at radius 1 is 1.07 bits per heavy atom. The third-order valence-corrected chi connectivity index (χ3v) is 5.80. The highest BCUT2D eigenvalue weighted by Crippen LogP contribution is 2.33. The Hall–Kier alpha value is -2.05. The zero-order chi connectivity index (χ0) is 18.8. The molecule has 144 valence electrons. The highest BCUT2D eigenvalue weighted by molar-refractivity contribution is 5.40. The maximum absolute atomic E-state index is 4.75. The van der Waals surface area contributed by atoms with Crippen LogP contribution in [0.25, 0.3) is 0 Å². The summed E-state index contributed by atoms with van der Waals surface area (Å²) in [5, 5.41) is 0. The number of rotatable bonds is 4. The third-order valence-electron chi connectivity index (χ3n) is 5.80. The van der Waals surface area contributed by atoms with Crippen LogP contribution in [-0.4, -0.2) is 64.5 Å². The van der Waals surface area contributed by atoms with Crippen molar-refractivity contribution in [3.63, 3.8) is 0 Å². The van der Waals surface area contributed by atoms with Gasteiger partial charge in [0.1, 0.15) is 11.6 Å². The predicted molar refractivity (Wildman–Crippen MR) is 108 cm³/mol. The molecule has 4 rings (SSSR count). The van der Waals surface area contributed by atoms with E-state index in [1.165, 1.54) is 24.1 Å². The van der Waals surface area contributed by atoms with Crippen LogP contribution in [0.3, 0.4) is 0 Å². The fraction of sp³-hybridized carbons (Fsp3) is 0.571. The lowest BCUT2D eigenvalue weighted by atomic mass is 10.1. The van der Waals surface area contributed by atoms with Crippen molar-refractivity contribution >= 4 is 5.82 Å². The number of hydrogen-bond donors (Lipinski definition) is 0. The molecule has 27 heavy (non-hydrogen) atoms. The second-order valence-electron chi connectivity index (χ2n) is 7.89. The molecule has 0 amide bonds. The fourth-order valence-electron chi connectivity index (χ4n) is 4.27. The van der Waals surface area contributed by atoms with Gasteiger partial charge in [-0.2, -0.15) is 0 Å². The van der Waals surface area contributed by atoms with E-state index in [4.69, 9.17) is 9.97 Å². The van der Waals surface area contributed by atoms with Gasteiger partial charge in [-0.3, -0.25) is 9.88 Å². The Morgan fingerprint density at radius 2 is 1.89 bits per heavy atom. The number of anilines is 1. The summed E-state index contributed by atoms with van der Waals surface area (Å²) in [6.45, 7) is 10.4. The van der Waals surface area contributed by atoms with Gasteiger partial charge in [-0.1, -0.05) is 6.07 Å². The maximum Gasteiger partial charge on any atom is 0.132 e. The van der Waals surface area contributed by atoms with Crippen LogP contribution < -0.4 is 4.90 Å². The molecule has 0 N–H and O–H groups in total. The lowest BCUT2D eigenvalue weighted by molar-refractivity contribution is 0.240. The zero-order valence-corrected chi connectivity index (χ0v) is 16.7. The zero-order valence-electron chi connectivity index (χ0n) is 16.7. The highest BCUT2D eigenvalue weighted by Gasteiger charge is 2.28. The average Bonchev–Trinajstić information content (AvgIpc) is 3.10. The molecule has 2 aromatic rings. The van der Waals surface area contributed by atoms with E-state index >= 15 is 0 Å². The minimum absolute atomic E-state index is 0.397. The van der Waals surface area contributed by atoms with Gasteiger partial charge in [0, 0.05) is 45.0 Å². The predicted octanol–water partition coefficient (Wildman–Crippen LogP) is 2.58. The number of likely N-dealkylation sites (tertiary alicyclic amines) is 1. The SMILES string of the molecule is Cc1nc(CN2CCC[C@H]2c2ncccc2C)cc(N2CCN(C)CC2)n1. The smallest absolute Gasteiger partial charge is 0.132 e. The van der Waals surface area contributed by atoms with E-state index in [2.05, 4.69) is 45.8 Å². The summed E-state index contributed by atoms with van der Waals surface area (Å²) in [5.41, 5.74) is 3.63. The molecule has 6 heteroatoms. The summed E-state index contributed by atoms with van der Waals surface area (Å²) in [5.74, 6) is 1.95. The van der Waals surface area contributed by atoms with Gasteiger partial charge in [-0.15, -0.1) is 0 Å². The van der Waals surface area contributed by atoms with Gasteiger partial charge in [-0.25, -0.2) is 9.97 Å². The van der Waals surface area contributed by atoms with Crippen molar-refractivity contribution in [1.82, 2.24) is 24.8 Å². The Morgan fingerprint density at radius 3 is 2.67 bits per heavy atom. The van der Waals surface area contributed by atoms with Crippen LogP contribution in [0.2, 0.25) is 0 Å². The first-order valence-electron chi connectivity index (χ1n) is 10.0. The van der Waals surface area contributed by atoms with Crippen LogP contribution in [0.5, 0.6) is 0 Å². The van der Waals surface area contributed by atoms with Crippen LogP contribution >= 0.6 is 0 Å². The molecule has 2 aliphatic heterocycles. The van der Waals surface area contributed by atoms with Gasteiger partial charge in [0.05, 0.1) is 17.4 Å². The summed E-state index contributed by atoms with van der Waals surface area (Å²) < 4.78 is 0. The first kappa shape index (κ1) is 18.3. The second-order valence-corrected chi connectivity index (χ2v) is 7.89. The quantitative estimate of drug-likeness (QED) is 0.829. The molecule has 6 nitrogen and oxygen atoms in total. The van der Waals surface area contributed by atoms with Crippen LogP contribution in [0.1, 0.15) is 41.7 Å². The van der Waals surface area contributed by atoms with Crippen LogP contribution in [0, 0.1) is 13.8 Å². The molecule has 0 spiro atoms. The number of aryl methyl sites for hydroxylation is 2. The first-order valence-corrected chi connectivity index (χ1v) is 10.0. The van der Waals surface area contributed by atoms with Gasteiger partial charge >= 0.3 is 0 Å². The molecular weight excluding hydrogens is 336 g/mol. The van der Waals surface area contributed by atoms with Gasteiger partial charge in [0.15, 0.2) is 0 Å². The highest BCUT2D eigenvalue weighted by atomic mass is 15.3. The third kappa shape index (κ3) is 4.12. The van der Waals surface area contributed by atoms with Crippen molar-refractivity contribution in [3.05, 3.63) is 47.2 Å². The van der Waals surface area contributed by atoms with Crippen LogP contribution in [-0.2, 0) is 6.54 Å². The summed E-state index contributed by atoms with van der Waals surface area (Å²) in [6, 6.07) is 6.78. The number of pyridine rings is 1. The summed E-state index contributed by atoms with van der Waals surface area (Å²) >= 11 is 0. The Labute approximate surface area is 162 Å². The average molecular weight is 367 g/mol. The number of likely N-dealkylation sites (N-methyl/N-ethyl adjacent to an activating group) is 1. The molecule has 0 saturated carbocycles. The van der Waals surface area contributed by atoms with Crippen molar-refractivity contribution in [2.75, 3.05) is 44.7 Å². The monoisotopic (exact) mass is 366 g/mol. The first-order chi connectivity index (χ1) is 13.1. The van der Waals surface area contributed by atoms with Gasteiger partial charge in [0.2, 0.25) is 0 Å². The van der Waals surface area contributed by atoms with E-state index in [9.17, 15) is 0 Å². The maximum atomic E-state index is 4.75. The summed E-state index contributed by atoms with van der Waals surface area (Å²) in [6.07, 6.45) is 4.31. The number of nitrogens with zero attached hydrogens (tertiary/aromatic N) is 6. The minimum Gasteiger partial charge on any atom is -0.354 e. The van der Waals surface area contributed by atoms with Gasteiger partial charge in [-0.05, 0) is 51.9 Å². The van der Waals surface area contributed by atoms with E-state index < -0.39 is 0 Å². The second kappa shape index (κ2) is 7.90. The molecule has 2 aliphatic rings. The fourth-order valence-corrected chi connectivity index (χ4v) is 4.27. The topological polar surface area (TPSA) is 48.4 Å². The molecule has 0 aromatic carbocycles. The molecule has 0 unspecified atom stereocenters. The molecule has 2 aromatic heterocycles. The molecule has 0 aliphatic carbocycles. The molecule has 0 bridgehead atoms. The van der Waals surface area contributed by atoms with E-state index in [1.54, 1.807) is 0 Å². The standard InChI is InChI=1S/C21H30N6/c1-16-6-4-8-22-21(16)19-7-5-9-27(19)15-18-14-20(24-17(2)23-18)26-12-10-25(3)11-13-26/h4,6,8,14,19H,5,7,9-13,15H2,1-3H3/t19-/m0/s1. The van der Waals surface area contributed by atoms with Crippen LogP contribution in [0.4, 0.5) is 5.82 Å². The van der Waals surface area contributed by atoms with E-state index in [0.29, 0.717) is 6.04 Å². The Balaban J connectivity index is 1.53. The van der Waals surface area contributed by atoms with E-state index in [-0.39, 0.29) is 0 Å². The van der Waals surface area contributed by atoms with Gasteiger partial charge in [0.25, 0.3) is 0 Å². The number of hydrogen-bond acceptors (Lipinski definition) is 6. The lowest BCUT2D eigenvalue weighted by Crippen LogP contribution is -2.45.